The third-order valence-corrected chi connectivity index (χ3v) is 5.85. The molecule has 0 amide bonds. The van der Waals surface area contributed by atoms with Crippen LogP contribution in [0.25, 0.3) is 33.5 Å². The van der Waals surface area contributed by atoms with Gasteiger partial charge < -0.3 is 24.9 Å². The van der Waals surface area contributed by atoms with E-state index in [1.807, 2.05) is 6.07 Å². The van der Waals surface area contributed by atoms with E-state index in [-0.39, 0.29) is 22.5 Å². The van der Waals surface area contributed by atoms with Gasteiger partial charge in [0.15, 0.2) is 5.82 Å². The highest BCUT2D eigenvalue weighted by Crippen LogP contribution is 2.32. The zero-order valence-corrected chi connectivity index (χ0v) is 19.8. The van der Waals surface area contributed by atoms with E-state index in [0.717, 1.165) is 5.69 Å². The number of anilines is 2. The van der Waals surface area contributed by atoms with Gasteiger partial charge >= 0.3 is 0 Å². The summed E-state index contributed by atoms with van der Waals surface area (Å²) in [6.45, 7) is 6.79. The Labute approximate surface area is 205 Å². The molecule has 3 N–H and O–H groups in total. The zero-order chi connectivity index (χ0) is 25.1. The molecule has 1 aliphatic heterocycles. The van der Waals surface area contributed by atoms with Crippen molar-refractivity contribution in [3.63, 3.8) is 0 Å². The van der Waals surface area contributed by atoms with E-state index in [2.05, 4.69) is 47.0 Å². The van der Waals surface area contributed by atoms with E-state index < -0.39 is 5.82 Å². The van der Waals surface area contributed by atoms with Crippen LogP contribution in [0.2, 0.25) is 0 Å². The number of nitrogens with zero attached hydrogens (tertiary/aromatic N) is 6. The number of fused-ring (bicyclic) bond motifs is 2. The van der Waals surface area contributed by atoms with Gasteiger partial charge in [-0.1, -0.05) is 0 Å². The number of hydrogen-bond acceptors (Lipinski definition) is 8. The van der Waals surface area contributed by atoms with Gasteiger partial charge in [0.1, 0.15) is 22.4 Å². The van der Waals surface area contributed by atoms with Crippen LogP contribution in [0.3, 0.4) is 0 Å². The third-order valence-electron chi connectivity index (χ3n) is 5.85. The lowest BCUT2D eigenvalue weighted by molar-refractivity contribution is 0.122. The summed E-state index contributed by atoms with van der Waals surface area (Å²) >= 11 is 0. The van der Waals surface area contributed by atoms with Crippen molar-refractivity contribution in [1.29, 1.82) is 0 Å². The largest absolute Gasteiger partial charge is 0.381 e. The first-order chi connectivity index (χ1) is 17.5. The lowest BCUT2D eigenvalue weighted by Gasteiger charge is -2.28. The standard InChI is InChI=1S/C24H26FN9O2/c1-26-4-3-5-27-6-7-28-22-19(24(35)30-18-14-33(2)32-21(18)22)23-29-17-13-15(12-16(25)20(17)31-23)34-8-10-36-11-9-34/h3-5,12-14,28H,1,6-11H2,2H3,(H,29,31)(H,30,35)/b4-3-,27-5-. The number of imidazole rings is 1. The quantitative estimate of drug-likeness (QED) is 0.257. The smallest absolute Gasteiger partial charge is 0.261 e. The molecule has 1 fully saturated rings. The number of hydrogen-bond donors (Lipinski definition) is 3. The Hall–Kier alpha value is -4.32. The Balaban J connectivity index is 1.54. The van der Waals surface area contributed by atoms with Gasteiger partial charge in [0.2, 0.25) is 0 Å². The number of rotatable bonds is 8. The van der Waals surface area contributed by atoms with E-state index in [1.54, 1.807) is 30.2 Å². The molecular weight excluding hydrogens is 465 g/mol. The predicted molar refractivity (Wildman–Crippen MR) is 140 cm³/mol. The van der Waals surface area contributed by atoms with Gasteiger partial charge in [-0.2, -0.15) is 5.10 Å². The Kier molecular flexibility index (Phi) is 6.58. The van der Waals surface area contributed by atoms with Crippen LogP contribution in [-0.4, -0.2) is 77.1 Å². The number of nitrogens with one attached hydrogen (secondary N) is 3. The summed E-state index contributed by atoms with van der Waals surface area (Å²) in [4.78, 5) is 33.6. The lowest BCUT2D eigenvalue weighted by atomic mass is 10.2. The second-order valence-electron chi connectivity index (χ2n) is 8.28. The van der Waals surface area contributed by atoms with Crippen LogP contribution < -0.4 is 15.8 Å². The summed E-state index contributed by atoms with van der Waals surface area (Å²) in [7, 11) is 1.77. The summed E-state index contributed by atoms with van der Waals surface area (Å²) in [5.41, 5.74) is 2.95. The number of pyridine rings is 1. The minimum absolute atomic E-state index is 0.167. The van der Waals surface area contributed by atoms with Crippen molar-refractivity contribution in [2.24, 2.45) is 17.0 Å². The van der Waals surface area contributed by atoms with Gasteiger partial charge in [-0.3, -0.25) is 19.5 Å². The first-order valence-electron chi connectivity index (χ1n) is 11.5. The van der Waals surface area contributed by atoms with E-state index in [1.165, 1.54) is 12.3 Å². The van der Waals surface area contributed by atoms with Crippen LogP contribution in [-0.2, 0) is 11.8 Å². The van der Waals surface area contributed by atoms with Crippen molar-refractivity contribution in [1.82, 2.24) is 24.7 Å². The molecule has 1 aliphatic rings. The number of aromatic nitrogens is 5. The van der Waals surface area contributed by atoms with Crippen molar-refractivity contribution in [2.75, 3.05) is 49.6 Å². The van der Waals surface area contributed by atoms with Gasteiger partial charge in [0, 0.05) is 51.0 Å². The maximum absolute atomic E-state index is 15.1. The molecule has 3 aromatic heterocycles. The number of aliphatic imine (C=N–C) groups is 2. The van der Waals surface area contributed by atoms with Crippen LogP contribution in [0.15, 0.2) is 45.4 Å². The highest BCUT2D eigenvalue weighted by atomic mass is 19.1. The fraction of sp³-hybridized carbons (Fsp3) is 0.292. The normalized spacial score (nSPS) is 14.6. The van der Waals surface area contributed by atoms with Crippen molar-refractivity contribution in [3.8, 4) is 11.4 Å². The Morgan fingerprint density at radius 1 is 1.25 bits per heavy atom. The molecule has 0 radical (unpaired) electrons. The summed E-state index contributed by atoms with van der Waals surface area (Å²) in [5.74, 6) is -0.208. The van der Waals surface area contributed by atoms with Crippen LogP contribution in [0.4, 0.5) is 15.8 Å². The molecule has 4 aromatic rings. The first kappa shape index (κ1) is 23.4. The molecule has 186 valence electrons. The maximum atomic E-state index is 15.1. The van der Waals surface area contributed by atoms with Crippen molar-refractivity contribution in [3.05, 3.63) is 46.8 Å². The fourth-order valence-electron chi connectivity index (χ4n) is 4.24. The number of halogens is 1. The minimum atomic E-state index is -0.460. The summed E-state index contributed by atoms with van der Waals surface area (Å²) in [6, 6.07) is 3.32. The average molecular weight is 492 g/mol. The average Bonchev–Trinajstić information content (AvgIpc) is 3.46. The molecule has 36 heavy (non-hydrogen) atoms. The number of benzene rings is 1. The molecule has 12 heteroatoms. The van der Waals surface area contributed by atoms with Gasteiger partial charge in [-0.05, 0) is 24.9 Å². The molecule has 0 spiro atoms. The molecule has 0 atom stereocenters. The second kappa shape index (κ2) is 10.1. The summed E-state index contributed by atoms with van der Waals surface area (Å²) < 4.78 is 22.1. The Bertz CT molecular complexity index is 1530. The minimum Gasteiger partial charge on any atom is -0.381 e. The summed E-state index contributed by atoms with van der Waals surface area (Å²) in [6.07, 6.45) is 6.56. The fourth-order valence-corrected chi connectivity index (χ4v) is 4.24. The third kappa shape index (κ3) is 4.62. The van der Waals surface area contributed by atoms with Gasteiger partial charge in [0.25, 0.3) is 5.56 Å². The van der Waals surface area contributed by atoms with Crippen LogP contribution >= 0.6 is 0 Å². The molecule has 0 saturated carbocycles. The molecule has 0 unspecified atom stereocenters. The molecule has 4 heterocycles. The van der Waals surface area contributed by atoms with E-state index in [0.29, 0.717) is 61.6 Å². The molecule has 0 bridgehead atoms. The van der Waals surface area contributed by atoms with Crippen molar-refractivity contribution < 1.29 is 9.13 Å². The monoisotopic (exact) mass is 491 g/mol. The number of aryl methyl sites for hydroxylation is 1. The molecule has 11 nitrogen and oxygen atoms in total. The number of H-pyrrole nitrogens is 2. The van der Waals surface area contributed by atoms with E-state index >= 15 is 4.39 Å². The first-order valence-corrected chi connectivity index (χ1v) is 11.5. The highest BCUT2D eigenvalue weighted by Gasteiger charge is 2.22. The lowest BCUT2D eigenvalue weighted by Crippen LogP contribution is -2.36. The Morgan fingerprint density at radius 2 is 2.08 bits per heavy atom. The van der Waals surface area contributed by atoms with Crippen molar-refractivity contribution in [2.45, 2.75) is 0 Å². The molecule has 5 rings (SSSR count). The Morgan fingerprint density at radius 3 is 2.89 bits per heavy atom. The van der Waals surface area contributed by atoms with Gasteiger partial charge in [-0.25, -0.2) is 9.37 Å². The highest BCUT2D eigenvalue weighted by molar-refractivity contribution is 5.96. The number of allylic oxidation sites excluding steroid dienone is 1. The van der Waals surface area contributed by atoms with Gasteiger partial charge in [-0.15, -0.1) is 0 Å². The molecule has 0 aliphatic carbocycles. The van der Waals surface area contributed by atoms with Crippen molar-refractivity contribution >= 4 is 46.4 Å². The van der Waals surface area contributed by atoms with E-state index in [4.69, 9.17) is 4.74 Å². The van der Waals surface area contributed by atoms with Crippen LogP contribution in [0, 0.1) is 5.82 Å². The topological polar surface area (TPSA) is 129 Å². The zero-order valence-electron chi connectivity index (χ0n) is 19.8. The SMILES string of the molecule is C=N/C=C\C=N/CCNc1c(-c2nc3c(F)cc(N4CCOCC4)cc3[nH]2)c(=O)[nH]c2cn(C)nc12. The predicted octanol–water partition coefficient (Wildman–Crippen LogP) is 2.48. The molecule has 1 aromatic carbocycles. The summed E-state index contributed by atoms with van der Waals surface area (Å²) in [5, 5.41) is 7.78. The maximum Gasteiger partial charge on any atom is 0.261 e. The number of morpholine rings is 1. The number of aromatic amines is 2. The molecular formula is C24H26FN9O2. The second-order valence-corrected chi connectivity index (χ2v) is 8.28. The number of ether oxygens (including phenoxy) is 1. The van der Waals surface area contributed by atoms with Gasteiger partial charge in [0.05, 0.1) is 36.5 Å². The van der Waals surface area contributed by atoms with E-state index in [9.17, 15) is 4.79 Å². The van der Waals surface area contributed by atoms with Crippen LogP contribution in [0.5, 0.6) is 0 Å². The van der Waals surface area contributed by atoms with Crippen LogP contribution in [0.1, 0.15) is 0 Å². The molecule has 1 saturated heterocycles.